The van der Waals surface area contributed by atoms with Crippen molar-refractivity contribution in [3.8, 4) is 0 Å². The van der Waals surface area contributed by atoms with Gasteiger partial charge in [0.2, 0.25) is 0 Å². The number of rotatable bonds is 4. The summed E-state index contributed by atoms with van der Waals surface area (Å²) in [5.41, 5.74) is 2.24. The summed E-state index contributed by atoms with van der Waals surface area (Å²) in [5, 5.41) is 14.3. The molecule has 0 bridgehead atoms. The second kappa shape index (κ2) is 6.55. The summed E-state index contributed by atoms with van der Waals surface area (Å²) >= 11 is 9.43. The lowest BCUT2D eigenvalue weighted by molar-refractivity contribution is 0.102. The van der Waals surface area contributed by atoms with Gasteiger partial charge in [-0.2, -0.15) is 10.2 Å². The fraction of sp³-hybridized carbons (Fsp3) is 0.133. The molecule has 118 valence electrons. The minimum atomic E-state index is -0.309. The number of amides is 1. The van der Waals surface area contributed by atoms with Gasteiger partial charge in [0, 0.05) is 16.8 Å². The molecule has 0 fully saturated rings. The minimum Gasteiger partial charge on any atom is -0.304 e. The molecule has 0 atom stereocenters. The Morgan fingerprint density at radius 3 is 2.91 bits per heavy atom. The molecule has 0 aliphatic carbocycles. The van der Waals surface area contributed by atoms with Crippen LogP contribution in [-0.2, 0) is 6.54 Å². The Bertz CT molecular complexity index is 857. The van der Waals surface area contributed by atoms with Gasteiger partial charge in [-0.3, -0.25) is 14.6 Å². The van der Waals surface area contributed by atoms with Crippen LogP contribution in [0.3, 0.4) is 0 Å². The zero-order valence-corrected chi connectivity index (χ0v) is 14.5. The maximum Gasteiger partial charge on any atom is 0.276 e. The third-order valence-electron chi connectivity index (χ3n) is 3.32. The van der Waals surface area contributed by atoms with Gasteiger partial charge in [0.1, 0.15) is 5.69 Å². The fourth-order valence-corrected chi connectivity index (χ4v) is 2.70. The summed E-state index contributed by atoms with van der Waals surface area (Å²) in [6, 6.07) is 9.41. The third kappa shape index (κ3) is 3.46. The molecule has 0 spiro atoms. The number of H-pyrrole nitrogens is 1. The average Bonchev–Trinajstić information content (AvgIpc) is 3.08. The molecule has 0 unspecified atom stereocenters. The Hall–Kier alpha value is -2.12. The third-order valence-corrected chi connectivity index (χ3v) is 4.29. The smallest absolute Gasteiger partial charge is 0.276 e. The van der Waals surface area contributed by atoms with Crippen LogP contribution in [0.4, 0.5) is 5.82 Å². The number of halogens is 2. The van der Waals surface area contributed by atoms with Crippen LogP contribution in [0, 0.1) is 6.92 Å². The molecule has 0 saturated heterocycles. The van der Waals surface area contributed by atoms with Crippen LogP contribution in [-0.4, -0.2) is 25.9 Å². The Balaban J connectivity index is 1.77. The Kier molecular flexibility index (Phi) is 4.49. The van der Waals surface area contributed by atoms with Crippen molar-refractivity contribution in [3.05, 3.63) is 63.0 Å². The predicted molar refractivity (Wildman–Crippen MR) is 91.8 cm³/mol. The van der Waals surface area contributed by atoms with Crippen molar-refractivity contribution in [2.75, 3.05) is 5.32 Å². The SMILES string of the molecule is Cc1cc(NC(=O)c2[nH]ncc2Br)nn1Cc1ccccc1Cl. The van der Waals surface area contributed by atoms with Crippen LogP contribution in [0.5, 0.6) is 0 Å². The fourth-order valence-electron chi connectivity index (χ4n) is 2.13. The van der Waals surface area contributed by atoms with E-state index in [4.69, 9.17) is 11.6 Å². The first-order valence-corrected chi connectivity index (χ1v) is 8.00. The van der Waals surface area contributed by atoms with Gasteiger partial charge in [-0.25, -0.2) is 0 Å². The average molecular weight is 395 g/mol. The van der Waals surface area contributed by atoms with E-state index in [0.29, 0.717) is 27.6 Å². The Morgan fingerprint density at radius 1 is 1.43 bits per heavy atom. The van der Waals surface area contributed by atoms with Gasteiger partial charge in [0.25, 0.3) is 5.91 Å². The lowest BCUT2D eigenvalue weighted by Gasteiger charge is -2.06. The van der Waals surface area contributed by atoms with E-state index < -0.39 is 0 Å². The molecular weight excluding hydrogens is 382 g/mol. The highest BCUT2D eigenvalue weighted by Crippen LogP contribution is 2.19. The number of benzene rings is 1. The monoisotopic (exact) mass is 393 g/mol. The van der Waals surface area contributed by atoms with Gasteiger partial charge in [-0.15, -0.1) is 0 Å². The molecule has 8 heteroatoms. The molecule has 0 aliphatic heterocycles. The number of carbonyl (C=O) groups is 1. The van der Waals surface area contributed by atoms with Gasteiger partial charge < -0.3 is 5.32 Å². The number of aromatic amines is 1. The standard InChI is InChI=1S/C15H13BrClN5O/c1-9-6-13(19-15(23)14-11(16)7-18-20-14)21-22(9)8-10-4-2-3-5-12(10)17/h2-7H,8H2,1H3,(H,18,20)(H,19,21,23). The maximum absolute atomic E-state index is 12.1. The second-order valence-electron chi connectivity index (χ2n) is 4.97. The van der Waals surface area contributed by atoms with Gasteiger partial charge in [0.15, 0.2) is 5.82 Å². The largest absolute Gasteiger partial charge is 0.304 e. The molecule has 3 aromatic rings. The molecule has 0 aliphatic rings. The summed E-state index contributed by atoms with van der Waals surface area (Å²) in [7, 11) is 0. The summed E-state index contributed by atoms with van der Waals surface area (Å²) in [5.74, 6) is 0.165. The van der Waals surface area contributed by atoms with E-state index in [1.807, 2.05) is 31.2 Å². The van der Waals surface area contributed by atoms with E-state index in [2.05, 4.69) is 36.5 Å². The van der Waals surface area contributed by atoms with Crippen molar-refractivity contribution in [1.29, 1.82) is 0 Å². The summed E-state index contributed by atoms with van der Waals surface area (Å²) < 4.78 is 2.39. The number of hydrogen-bond donors (Lipinski definition) is 2. The van der Waals surface area contributed by atoms with Crippen LogP contribution >= 0.6 is 27.5 Å². The molecule has 6 nitrogen and oxygen atoms in total. The molecule has 0 saturated carbocycles. The van der Waals surface area contributed by atoms with Crippen molar-refractivity contribution >= 4 is 39.3 Å². The van der Waals surface area contributed by atoms with E-state index in [1.54, 1.807) is 10.7 Å². The molecule has 1 amide bonds. The molecule has 3 rings (SSSR count). The number of anilines is 1. The first-order chi connectivity index (χ1) is 11.0. The molecule has 23 heavy (non-hydrogen) atoms. The molecule has 1 aromatic carbocycles. The normalized spacial score (nSPS) is 10.7. The number of aryl methyl sites for hydroxylation is 1. The van der Waals surface area contributed by atoms with Crippen molar-refractivity contribution in [2.45, 2.75) is 13.5 Å². The number of aromatic nitrogens is 4. The number of nitrogens with one attached hydrogen (secondary N) is 2. The van der Waals surface area contributed by atoms with Crippen molar-refractivity contribution in [2.24, 2.45) is 0 Å². The Morgan fingerprint density at radius 2 is 2.22 bits per heavy atom. The van der Waals surface area contributed by atoms with Crippen molar-refractivity contribution < 1.29 is 4.79 Å². The van der Waals surface area contributed by atoms with Gasteiger partial charge >= 0.3 is 0 Å². The second-order valence-corrected chi connectivity index (χ2v) is 6.23. The zero-order chi connectivity index (χ0) is 16.4. The molecule has 0 radical (unpaired) electrons. The number of hydrogen-bond acceptors (Lipinski definition) is 3. The first-order valence-electron chi connectivity index (χ1n) is 6.82. The molecular formula is C15H13BrClN5O. The summed E-state index contributed by atoms with van der Waals surface area (Å²) in [6.07, 6.45) is 1.52. The van der Waals surface area contributed by atoms with Crippen LogP contribution < -0.4 is 5.32 Å². The van der Waals surface area contributed by atoms with Crippen molar-refractivity contribution in [3.63, 3.8) is 0 Å². The van der Waals surface area contributed by atoms with Crippen LogP contribution in [0.15, 0.2) is 41.0 Å². The quantitative estimate of drug-likeness (QED) is 0.709. The molecule has 2 heterocycles. The van der Waals surface area contributed by atoms with E-state index >= 15 is 0 Å². The minimum absolute atomic E-state index is 0.309. The van der Waals surface area contributed by atoms with Crippen LogP contribution in [0.25, 0.3) is 0 Å². The number of nitrogens with zero attached hydrogens (tertiary/aromatic N) is 3. The van der Waals surface area contributed by atoms with Gasteiger partial charge in [-0.05, 0) is 34.5 Å². The van der Waals surface area contributed by atoms with Gasteiger partial charge in [-0.1, -0.05) is 29.8 Å². The number of carbonyl (C=O) groups excluding carboxylic acids is 1. The van der Waals surface area contributed by atoms with E-state index in [-0.39, 0.29) is 5.91 Å². The highest BCUT2D eigenvalue weighted by Gasteiger charge is 2.14. The van der Waals surface area contributed by atoms with E-state index in [1.165, 1.54) is 6.20 Å². The van der Waals surface area contributed by atoms with E-state index in [9.17, 15) is 4.79 Å². The first kappa shape index (κ1) is 15.8. The summed E-state index contributed by atoms with van der Waals surface area (Å²) in [6.45, 7) is 2.46. The molecule has 2 aromatic heterocycles. The topological polar surface area (TPSA) is 75.6 Å². The van der Waals surface area contributed by atoms with Gasteiger partial charge in [0.05, 0.1) is 17.2 Å². The lowest BCUT2D eigenvalue weighted by Crippen LogP contribution is -2.14. The maximum atomic E-state index is 12.1. The Labute approximate surface area is 146 Å². The predicted octanol–water partition coefficient (Wildman–Crippen LogP) is 3.63. The highest BCUT2D eigenvalue weighted by molar-refractivity contribution is 9.10. The highest BCUT2D eigenvalue weighted by atomic mass is 79.9. The summed E-state index contributed by atoms with van der Waals surface area (Å²) in [4.78, 5) is 12.1. The van der Waals surface area contributed by atoms with Crippen LogP contribution in [0.2, 0.25) is 5.02 Å². The lowest BCUT2D eigenvalue weighted by atomic mass is 10.2. The van der Waals surface area contributed by atoms with E-state index in [0.717, 1.165) is 11.3 Å². The zero-order valence-electron chi connectivity index (χ0n) is 12.2. The van der Waals surface area contributed by atoms with Crippen LogP contribution in [0.1, 0.15) is 21.7 Å². The molecule has 2 N–H and O–H groups in total. The van der Waals surface area contributed by atoms with Crippen molar-refractivity contribution in [1.82, 2.24) is 20.0 Å².